The minimum Gasteiger partial charge on any atom is -0.495 e. The van der Waals surface area contributed by atoms with Gasteiger partial charge in [-0.3, -0.25) is 9.79 Å². The van der Waals surface area contributed by atoms with Crippen LogP contribution in [0.25, 0.3) is 0 Å². The SMILES string of the molecule is CN=C(NCc1ccc(OC)c(NC(C)=O)c1)N(C)Cc1cc(Br)cn1C. The van der Waals surface area contributed by atoms with Crippen LogP contribution in [-0.4, -0.2) is 42.5 Å². The summed E-state index contributed by atoms with van der Waals surface area (Å²) in [6.45, 7) is 2.77. The van der Waals surface area contributed by atoms with Gasteiger partial charge in [0.05, 0.1) is 19.3 Å². The Morgan fingerprint density at radius 3 is 2.67 bits per heavy atom. The molecule has 8 heteroatoms. The van der Waals surface area contributed by atoms with Gasteiger partial charge in [-0.25, -0.2) is 0 Å². The number of hydrogen-bond donors (Lipinski definition) is 2. The molecule has 2 N–H and O–H groups in total. The van der Waals surface area contributed by atoms with Crippen molar-refractivity contribution in [3.63, 3.8) is 0 Å². The largest absolute Gasteiger partial charge is 0.495 e. The summed E-state index contributed by atoms with van der Waals surface area (Å²) >= 11 is 3.50. The summed E-state index contributed by atoms with van der Waals surface area (Å²) in [5.74, 6) is 1.27. The molecule has 146 valence electrons. The summed E-state index contributed by atoms with van der Waals surface area (Å²) in [4.78, 5) is 17.8. The maximum atomic E-state index is 11.4. The average molecular weight is 436 g/mol. The Balaban J connectivity index is 2.04. The van der Waals surface area contributed by atoms with E-state index < -0.39 is 0 Å². The van der Waals surface area contributed by atoms with Gasteiger partial charge in [0.1, 0.15) is 5.75 Å². The lowest BCUT2D eigenvalue weighted by atomic mass is 10.2. The van der Waals surface area contributed by atoms with Crippen molar-refractivity contribution in [1.29, 1.82) is 0 Å². The normalized spacial score (nSPS) is 11.3. The molecule has 2 aromatic rings. The molecule has 0 atom stereocenters. The molecule has 0 aliphatic rings. The Morgan fingerprint density at radius 2 is 2.11 bits per heavy atom. The zero-order valence-electron chi connectivity index (χ0n) is 16.3. The number of ether oxygens (including phenoxy) is 1. The molecule has 1 amide bonds. The van der Waals surface area contributed by atoms with Crippen LogP contribution in [0, 0.1) is 0 Å². The topological polar surface area (TPSA) is 70.9 Å². The number of carbonyl (C=O) groups is 1. The van der Waals surface area contributed by atoms with Crippen LogP contribution in [0.15, 0.2) is 39.9 Å². The van der Waals surface area contributed by atoms with Crippen LogP contribution >= 0.6 is 15.9 Å². The molecule has 0 fully saturated rings. The van der Waals surface area contributed by atoms with Crippen LogP contribution in [0.1, 0.15) is 18.2 Å². The van der Waals surface area contributed by atoms with E-state index >= 15 is 0 Å². The quantitative estimate of drug-likeness (QED) is 0.540. The second-order valence-corrected chi connectivity index (χ2v) is 7.15. The molecule has 1 aromatic heterocycles. The van der Waals surface area contributed by atoms with Gasteiger partial charge in [0.15, 0.2) is 5.96 Å². The van der Waals surface area contributed by atoms with Crippen LogP contribution in [-0.2, 0) is 24.9 Å². The number of nitrogens with one attached hydrogen (secondary N) is 2. The first-order chi connectivity index (χ1) is 12.8. The van der Waals surface area contributed by atoms with Crippen molar-refractivity contribution in [3.8, 4) is 5.75 Å². The second kappa shape index (κ2) is 9.45. The number of carbonyl (C=O) groups excluding carboxylic acids is 1. The number of rotatable bonds is 6. The van der Waals surface area contributed by atoms with Gasteiger partial charge in [-0.1, -0.05) is 6.07 Å². The fourth-order valence-corrected chi connectivity index (χ4v) is 3.33. The Morgan fingerprint density at radius 1 is 1.37 bits per heavy atom. The van der Waals surface area contributed by atoms with Crippen LogP contribution < -0.4 is 15.4 Å². The summed E-state index contributed by atoms with van der Waals surface area (Å²) in [5, 5.41) is 6.14. The lowest BCUT2D eigenvalue weighted by Crippen LogP contribution is -2.38. The van der Waals surface area contributed by atoms with Gasteiger partial charge in [0, 0.05) is 51.0 Å². The molecule has 0 radical (unpaired) electrons. The van der Waals surface area contributed by atoms with Crippen LogP contribution in [0.2, 0.25) is 0 Å². The van der Waals surface area contributed by atoms with Crippen molar-refractivity contribution in [2.24, 2.45) is 12.0 Å². The first-order valence-corrected chi connectivity index (χ1v) is 9.30. The Bertz CT molecular complexity index is 832. The molecule has 1 aromatic carbocycles. The Labute approximate surface area is 168 Å². The molecule has 27 heavy (non-hydrogen) atoms. The number of nitrogens with zero attached hydrogens (tertiary/aromatic N) is 3. The average Bonchev–Trinajstić information content (AvgIpc) is 2.92. The molecular formula is C19H26BrN5O2. The van der Waals surface area contributed by atoms with E-state index in [-0.39, 0.29) is 5.91 Å². The predicted molar refractivity (Wildman–Crippen MR) is 112 cm³/mol. The summed E-state index contributed by atoms with van der Waals surface area (Å²) < 4.78 is 8.43. The highest BCUT2D eigenvalue weighted by atomic mass is 79.9. The Kier molecular flexibility index (Phi) is 7.29. The fourth-order valence-electron chi connectivity index (χ4n) is 2.76. The molecule has 1 heterocycles. The van der Waals surface area contributed by atoms with Crippen molar-refractivity contribution in [2.45, 2.75) is 20.0 Å². The summed E-state index contributed by atoms with van der Waals surface area (Å²) in [6.07, 6.45) is 2.03. The van der Waals surface area contributed by atoms with E-state index in [1.54, 1.807) is 14.2 Å². The molecule has 2 rings (SSSR count). The van der Waals surface area contributed by atoms with E-state index in [4.69, 9.17) is 4.74 Å². The first kappa shape index (κ1) is 20.8. The predicted octanol–water partition coefficient (Wildman–Crippen LogP) is 2.96. The van der Waals surface area contributed by atoms with Crippen LogP contribution in [0.3, 0.4) is 0 Å². The molecule has 0 spiro atoms. The third-order valence-corrected chi connectivity index (χ3v) is 4.51. The third kappa shape index (κ3) is 5.75. The number of halogens is 1. The molecule has 0 saturated carbocycles. The van der Waals surface area contributed by atoms with Crippen molar-refractivity contribution < 1.29 is 9.53 Å². The fraction of sp³-hybridized carbons (Fsp3) is 0.368. The number of anilines is 1. The monoisotopic (exact) mass is 435 g/mol. The van der Waals surface area contributed by atoms with Gasteiger partial charge in [0.2, 0.25) is 5.91 Å². The van der Waals surface area contributed by atoms with E-state index in [1.165, 1.54) is 12.6 Å². The van der Waals surface area contributed by atoms with E-state index in [9.17, 15) is 4.79 Å². The van der Waals surface area contributed by atoms with Gasteiger partial charge < -0.3 is 24.8 Å². The minimum absolute atomic E-state index is 0.136. The zero-order chi connectivity index (χ0) is 20.0. The lowest BCUT2D eigenvalue weighted by Gasteiger charge is -2.22. The third-order valence-electron chi connectivity index (χ3n) is 4.07. The number of guanidine groups is 1. The number of amides is 1. The summed E-state index contributed by atoms with van der Waals surface area (Å²) in [6, 6.07) is 7.79. The van der Waals surface area contributed by atoms with Gasteiger partial charge in [0.25, 0.3) is 0 Å². The zero-order valence-corrected chi connectivity index (χ0v) is 17.9. The maximum absolute atomic E-state index is 11.4. The molecule has 0 saturated heterocycles. The van der Waals surface area contributed by atoms with Gasteiger partial charge in [-0.15, -0.1) is 0 Å². The first-order valence-electron chi connectivity index (χ1n) is 8.51. The molecule has 0 bridgehead atoms. The smallest absolute Gasteiger partial charge is 0.221 e. The maximum Gasteiger partial charge on any atom is 0.221 e. The highest BCUT2D eigenvalue weighted by Crippen LogP contribution is 2.25. The van der Waals surface area contributed by atoms with E-state index in [1.807, 2.05) is 38.5 Å². The van der Waals surface area contributed by atoms with Crippen molar-refractivity contribution in [2.75, 3.05) is 26.5 Å². The van der Waals surface area contributed by atoms with Gasteiger partial charge in [-0.2, -0.15) is 0 Å². The molecule has 0 aliphatic carbocycles. The van der Waals surface area contributed by atoms with Gasteiger partial charge >= 0.3 is 0 Å². The standard InChI is InChI=1S/C19H26BrN5O2/c1-13(26)23-17-8-14(6-7-18(17)27-5)10-22-19(21-2)25(4)12-16-9-15(20)11-24(16)3/h6-9,11H,10,12H2,1-5H3,(H,21,22)(H,23,26). The minimum atomic E-state index is -0.136. The number of aryl methyl sites for hydroxylation is 1. The lowest BCUT2D eigenvalue weighted by molar-refractivity contribution is -0.114. The molecular weight excluding hydrogens is 410 g/mol. The van der Waals surface area contributed by atoms with E-state index in [2.05, 4.69) is 47.1 Å². The van der Waals surface area contributed by atoms with Crippen LogP contribution in [0.4, 0.5) is 5.69 Å². The number of aliphatic imine (C=N–C) groups is 1. The summed E-state index contributed by atoms with van der Waals surface area (Å²) in [7, 11) is 7.35. The number of methoxy groups -OCH3 is 1. The van der Waals surface area contributed by atoms with Crippen molar-refractivity contribution >= 4 is 33.5 Å². The molecule has 0 unspecified atom stereocenters. The second-order valence-electron chi connectivity index (χ2n) is 6.23. The number of aromatic nitrogens is 1. The Hall–Kier alpha value is -2.48. The number of benzene rings is 1. The molecule has 7 nitrogen and oxygen atoms in total. The van der Waals surface area contributed by atoms with Crippen LogP contribution in [0.5, 0.6) is 5.75 Å². The van der Waals surface area contributed by atoms with Crippen molar-refractivity contribution in [1.82, 2.24) is 14.8 Å². The number of hydrogen-bond acceptors (Lipinski definition) is 3. The summed E-state index contributed by atoms with van der Waals surface area (Å²) in [5.41, 5.74) is 2.83. The van der Waals surface area contributed by atoms with E-state index in [0.29, 0.717) is 18.0 Å². The highest BCUT2D eigenvalue weighted by Gasteiger charge is 2.11. The van der Waals surface area contributed by atoms with Gasteiger partial charge in [-0.05, 0) is 39.7 Å². The van der Waals surface area contributed by atoms with Crippen molar-refractivity contribution in [3.05, 3.63) is 46.2 Å². The highest BCUT2D eigenvalue weighted by molar-refractivity contribution is 9.10. The molecule has 0 aliphatic heterocycles. The van der Waals surface area contributed by atoms with E-state index in [0.717, 1.165) is 22.5 Å².